The Hall–Kier alpha value is -0.900. The lowest BCUT2D eigenvalue weighted by atomic mass is 10.00. The molecule has 0 amide bonds. The highest BCUT2D eigenvalue weighted by Gasteiger charge is 2.21. The lowest BCUT2D eigenvalue weighted by Crippen LogP contribution is -2.48. The Morgan fingerprint density at radius 2 is 1.89 bits per heavy atom. The molecule has 1 saturated heterocycles. The van der Waals surface area contributed by atoms with Gasteiger partial charge >= 0.3 is 0 Å². The van der Waals surface area contributed by atoms with E-state index in [1.165, 1.54) is 18.4 Å². The van der Waals surface area contributed by atoms with Crippen LogP contribution in [0.2, 0.25) is 0 Å². The molecule has 1 aliphatic heterocycles. The SMILES string of the molecule is CC(NC1CCN(C)CC1)C(O)Cc1ccccc1. The Morgan fingerprint density at radius 1 is 1.26 bits per heavy atom. The Kier molecular flexibility index (Phi) is 5.37. The highest BCUT2D eigenvalue weighted by molar-refractivity contribution is 5.15. The van der Waals surface area contributed by atoms with E-state index in [9.17, 15) is 5.11 Å². The first-order chi connectivity index (χ1) is 9.15. The summed E-state index contributed by atoms with van der Waals surface area (Å²) in [4.78, 5) is 2.36. The number of benzene rings is 1. The van der Waals surface area contributed by atoms with Crippen LogP contribution >= 0.6 is 0 Å². The number of rotatable bonds is 5. The summed E-state index contributed by atoms with van der Waals surface area (Å²) in [5, 5.41) is 13.9. The molecule has 1 fully saturated rings. The molecule has 3 nitrogen and oxygen atoms in total. The van der Waals surface area contributed by atoms with Gasteiger partial charge in [-0.25, -0.2) is 0 Å². The molecule has 0 bridgehead atoms. The number of aliphatic hydroxyl groups excluding tert-OH is 1. The molecular formula is C16H26N2O. The van der Waals surface area contributed by atoms with Gasteiger partial charge in [-0.2, -0.15) is 0 Å². The first kappa shape index (κ1) is 14.5. The number of likely N-dealkylation sites (tertiary alicyclic amines) is 1. The molecule has 0 spiro atoms. The standard InChI is InChI=1S/C16H26N2O/c1-13(17-15-8-10-18(2)11-9-15)16(19)12-14-6-4-3-5-7-14/h3-7,13,15-17,19H,8-12H2,1-2H3. The minimum atomic E-state index is -0.318. The highest BCUT2D eigenvalue weighted by Crippen LogP contribution is 2.11. The van der Waals surface area contributed by atoms with Gasteiger partial charge in [0.15, 0.2) is 0 Å². The fraction of sp³-hybridized carbons (Fsp3) is 0.625. The third-order valence-corrected chi connectivity index (χ3v) is 4.08. The maximum absolute atomic E-state index is 10.3. The molecule has 2 N–H and O–H groups in total. The first-order valence-corrected chi connectivity index (χ1v) is 7.31. The van der Waals surface area contributed by atoms with Crippen molar-refractivity contribution in [3.05, 3.63) is 35.9 Å². The van der Waals surface area contributed by atoms with E-state index in [1.807, 2.05) is 18.2 Å². The quantitative estimate of drug-likeness (QED) is 0.847. The summed E-state index contributed by atoms with van der Waals surface area (Å²) in [5.41, 5.74) is 1.20. The van der Waals surface area contributed by atoms with Crippen molar-refractivity contribution in [2.45, 2.75) is 44.4 Å². The van der Waals surface area contributed by atoms with Crippen LogP contribution in [-0.2, 0) is 6.42 Å². The van der Waals surface area contributed by atoms with Crippen LogP contribution in [0.15, 0.2) is 30.3 Å². The molecule has 1 aromatic carbocycles. The Morgan fingerprint density at radius 3 is 2.53 bits per heavy atom. The molecule has 3 heteroatoms. The Labute approximate surface area is 116 Å². The van der Waals surface area contributed by atoms with Crippen LogP contribution in [0.5, 0.6) is 0 Å². The number of piperidine rings is 1. The predicted molar refractivity (Wildman–Crippen MR) is 79.3 cm³/mol. The zero-order valence-electron chi connectivity index (χ0n) is 12.0. The van der Waals surface area contributed by atoms with Gasteiger partial charge in [-0.15, -0.1) is 0 Å². The van der Waals surface area contributed by atoms with Gasteiger partial charge in [-0.1, -0.05) is 30.3 Å². The zero-order valence-corrected chi connectivity index (χ0v) is 12.0. The van der Waals surface area contributed by atoms with Gasteiger partial charge in [0, 0.05) is 12.1 Å². The number of hydrogen-bond acceptors (Lipinski definition) is 3. The third kappa shape index (κ3) is 4.60. The number of hydrogen-bond donors (Lipinski definition) is 2. The number of nitrogens with one attached hydrogen (secondary N) is 1. The minimum absolute atomic E-state index is 0.147. The third-order valence-electron chi connectivity index (χ3n) is 4.08. The molecule has 106 valence electrons. The van der Waals surface area contributed by atoms with Crippen LogP contribution in [0.1, 0.15) is 25.3 Å². The molecule has 0 saturated carbocycles. The van der Waals surface area contributed by atoms with Crippen LogP contribution < -0.4 is 5.32 Å². The summed E-state index contributed by atoms with van der Waals surface area (Å²) in [6, 6.07) is 10.9. The van der Waals surface area contributed by atoms with Crippen molar-refractivity contribution in [2.24, 2.45) is 0 Å². The molecule has 1 aliphatic rings. The molecule has 2 rings (SSSR count). The van der Waals surface area contributed by atoms with Crippen LogP contribution in [0.3, 0.4) is 0 Å². The van der Waals surface area contributed by atoms with E-state index in [4.69, 9.17) is 0 Å². The van der Waals surface area contributed by atoms with Crippen molar-refractivity contribution in [1.29, 1.82) is 0 Å². The molecular weight excluding hydrogens is 236 g/mol. The van der Waals surface area contributed by atoms with Crippen LogP contribution in [-0.4, -0.2) is 48.3 Å². The van der Waals surface area contributed by atoms with Crippen molar-refractivity contribution < 1.29 is 5.11 Å². The van der Waals surface area contributed by atoms with Crippen molar-refractivity contribution in [3.63, 3.8) is 0 Å². The molecule has 0 aromatic heterocycles. The topological polar surface area (TPSA) is 35.5 Å². The fourth-order valence-corrected chi connectivity index (χ4v) is 2.69. The fourth-order valence-electron chi connectivity index (χ4n) is 2.69. The summed E-state index contributed by atoms with van der Waals surface area (Å²) in [7, 11) is 2.17. The second-order valence-electron chi connectivity index (χ2n) is 5.79. The van der Waals surface area contributed by atoms with Gasteiger partial charge in [0.25, 0.3) is 0 Å². The van der Waals surface area contributed by atoms with Gasteiger partial charge in [-0.05, 0) is 51.9 Å². The van der Waals surface area contributed by atoms with Gasteiger partial charge < -0.3 is 15.3 Å². The van der Waals surface area contributed by atoms with Crippen molar-refractivity contribution in [1.82, 2.24) is 10.2 Å². The highest BCUT2D eigenvalue weighted by atomic mass is 16.3. The smallest absolute Gasteiger partial charge is 0.0730 e. The van der Waals surface area contributed by atoms with Gasteiger partial charge in [-0.3, -0.25) is 0 Å². The average molecular weight is 262 g/mol. The molecule has 2 atom stereocenters. The second-order valence-corrected chi connectivity index (χ2v) is 5.79. The molecule has 0 aliphatic carbocycles. The lowest BCUT2D eigenvalue weighted by Gasteiger charge is -2.33. The maximum atomic E-state index is 10.3. The summed E-state index contributed by atoms with van der Waals surface area (Å²) >= 11 is 0. The zero-order chi connectivity index (χ0) is 13.7. The maximum Gasteiger partial charge on any atom is 0.0730 e. The molecule has 1 heterocycles. The van der Waals surface area contributed by atoms with Crippen molar-refractivity contribution >= 4 is 0 Å². The van der Waals surface area contributed by atoms with E-state index in [0.717, 1.165) is 19.5 Å². The monoisotopic (exact) mass is 262 g/mol. The normalized spacial score (nSPS) is 21.2. The van der Waals surface area contributed by atoms with E-state index < -0.39 is 0 Å². The summed E-state index contributed by atoms with van der Waals surface area (Å²) in [5.74, 6) is 0. The van der Waals surface area contributed by atoms with E-state index in [-0.39, 0.29) is 12.1 Å². The van der Waals surface area contributed by atoms with Crippen LogP contribution in [0.25, 0.3) is 0 Å². The summed E-state index contributed by atoms with van der Waals surface area (Å²) in [6.07, 6.45) is 2.77. The Bertz CT molecular complexity index is 360. The molecule has 2 unspecified atom stereocenters. The van der Waals surface area contributed by atoms with E-state index in [0.29, 0.717) is 6.04 Å². The van der Waals surface area contributed by atoms with Gasteiger partial charge in [0.05, 0.1) is 6.10 Å². The number of nitrogens with zero attached hydrogens (tertiary/aromatic N) is 1. The van der Waals surface area contributed by atoms with E-state index >= 15 is 0 Å². The van der Waals surface area contributed by atoms with Crippen molar-refractivity contribution in [2.75, 3.05) is 20.1 Å². The van der Waals surface area contributed by atoms with Gasteiger partial charge in [0.1, 0.15) is 0 Å². The van der Waals surface area contributed by atoms with Crippen LogP contribution in [0.4, 0.5) is 0 Å². The first-order valence-electron chi connectivity index (χ1n) is 7.31. The minimum Gasteiger partial charge on any atom is -0.391 e. The number of aliphatic hydroxyl groups is 1. The summed E-state index contributed by atoms with van der Waals surface area (Å²) < 4.78 is 0. The van der Waals surface area contributed by atoms with Gasteiger partial charge in [0.2, 0.25) is 0 Å². The molecule has 19 heavy (non-hydrogen) atoms. The predicted octanol–water partition coefficient (Wildman–Crippen LogP) is 1.66. The van der Waals surface area contributed by atoms with Crippen LogP contribution in [0, 0.1) is 0 Å². The Balaban J connectivity index is 1.77. The molecule has 1 aromatic rings. The lowest BCUT2D eigenvalue weighted by molar-refractivity contribution is 0.118. The summed E-state index contributed by atoms with van der Waals surface area (Å²) in [6.45, 7) is 4.39. The average Bonchev–Trinajstić information content (AvgIpc) is 2.42. The largest absolute Gasteiger partial charge is 0.391 e. The van der Waals surface area contributed by atoms with Crippen molar-refractivity contribution in [3.8, 4) is 0 Å². The van der Waals surface area contributed by atoms with E-state index in [1.54, 1.807) is 0 Å². The second kappa shape index (κ2) is 7.04. The van der Waals surface area contributed by atoms with E-state index in [2.05, 4.69) is 36.3 Å². The molecule has 0 radical (unpaired) electrons.